The first-order chi connectivity index (χ1) is 9.72. The van der Waals surface area contributed by atoms with Crippen LogP contribution in [0.3, 0.4) is 0 Å². The summed E-state index contributed by atoms with van der Waals surface area (Å²) in [4.78, 5) is 11.9. The van der Waals surface area contributed by atoms with Gasteiger partial charge in [0, 0.05) is 6.20 Å². The third kappa shape index (κ3) is 3.07. The van der Waals surface area contributed by atoms with Crippen LogP contribution in [0.25, 0.3) is 0 Å². The normalized spacial score (nSPS) is 20.6. The standard InChI is InChI=1S/C16H18N2O2/c1-12-7-14(12)11-20-16(19)15-8-17-18(10-15)9-13-5-3-2-4-6-13/h2-6,8,10,12,14H,7,9,11H2,1H3/t12-,14+/m1/s1. The SMILES string of the molecule is C[C@@H]1C[C@H]1COC(=O)c1cnn(Cc2ccccc2)c1. The number of rotatable bonds is 5. The van der Waals surface area contributed by atoms with Crippen molar-refractivity contribution in [1.29, 1.82) is 0 Å². The Morgan fingerprint density at radius 3 is 2.85 bits per heavy atom. The van der Waals surface area contributed by atoms with Gasteiger partial charge in [-0.3, -0.25) is 4.68 Å². The molecule has 104 valence electrons. The lowest BCUT2D eigenvalue weighted by molar-refractivity contribution is 0.0481. The van der Waals surface area contributed by atoms with E-state index in [4.69, 9.17) is 4.74 Å². The minimum Gasteiger partial charge on any atom is -0.462 e. The molecule has 1 aliphatic carbocycles. The van der Waals surface area contributed by atoms with Gasteiger partial charge in [0.05, 0.1) is 24.9 Å². The Balaban J connectivity index is 1.57. The van der Waals surface area contributed by atoms with Gasteiger partial charge in [-0.05, 0) is 23.8 Å². The molecule has 1 aromatic heterocycles. The third-order valence-electron chi connectivity index (χ3n) is 3.76. The second-order valence-electron chi connectivity index (χ2n) is 5.48. The summed E-state index contributed by atoms with van der Waals surface area (Å²) in [6.07, 6.45) is 4.48. The van der Waals surface area contributed by atoms with Crippen LogP contribution in [0.5, 0.6) is 0 Å². The number of hydrogen-bond acceptors (Lipinski definition) is 3. The van der Waals surface area contributed by atoms with Gasteiger partial charge < -0.3 is 4.74 Å². The molecule has 0 unspecified atom stereocenters. The molecule has 0 bridgehead atoms. The first kappa shape index (κ1) is 12.9. The van der Waals surface area contributed by atoms with Crippen LogP contribution < -0.4 is 0 Å². The van der Waals surface area contributed by atoms with Crippen molar-refractivity contribution in [2.75, 3.05) is 6.61 Å². The lowest BCUT2D eigenvalue weighted by Crippen LogP contribution is -2.07. The number of benzene rings is 1. The van der Waals surface area contributed by atoms with E-state index in [0.29, 0.717) is 30.6 Å². The highest BCUT2D eigenvalue weighted by Crippen LogP contribution is 2.37. The molecule has 4 nitrogen and oxygen atoms in total. The van der Waals surface area contributed by atoms with Crippen LogP contribution in [-0.2, 0) is 11.3 Å². The molecule has 20 heavy (non-hydrogen) atoms. The Hall–Kier alpha value is -2.10. The van der Waals surface area contributed by atoms with E-state index in [0.717, 1.165) is 5.56 Å². The van der Waals surface area contributed by atoms with E-state index in [2.05, 4.69) is 12.0 Å². The lowest BCUT2D eigenvalue weighted by atomic mass is 10.2. The number of carbonyl (C=O) groups is 1. The lowest BCUT2D eigenvalue weighted by Gasteiger charge is -2.02. The molecule has 1 aliphatic rings. The van der Waals surface area contributed by atoms with Crippen molar-refractivity contribution in [2.24, 2.45) is 11.8 Å². The molecule has 1 saturated carbocycles. The summed E-state index contributed by atoms with van der Waals surface area (Å²) in [5.74, 6) is 0.977. The number of hydrogen-bond donors (Lipinski definition) is 0. The second-order valence-corrected chi connectivity index (χ2v) is 5.48. The van der Waals surface area contributed by atoms with Gasteiger partial charge in [0.2, 0.25) is 0 Å². The molecule has 2 atom stereocenters. The highest BCUT2D eigenvalue weighted by atomic mass is 16.5. The van der Waals surface area contributed by atoms with Crippen LogP contribution in [-0.4, -0.2) is 22.4 Å². The maximum Gasteiger partial charge on any atom is 0.341 e. The van der Waals surface area contributed by atoms with E-state index in [1.165, 1.54) is 6.42 Å². The van der Waals surface area contributed by atoms with E-state index in [-0.39, 0.29) is 5.97 Å². The highest BCUT2D eigenvalue weighted by Gasteiger charge is 2.33. The van der Waals surface area contributed by atoms with E-state index < -0.39 is 0 Å². The number of nitrogens with zero attached hydrogens (tertiary/aromatic N) is 2. The maximum absolute atomic E-state index is 11.9. The molecule has 0 aliphatic heterocycles. The zero-order valence-electron chi connectivity index (χ0n) is 11.5. The van der Waals surface area contributed by atoms with E-state index in [9.17, 15) is 4.79 Å². The minimum absolute atomic E-state index is 0.275. The molecule has 3 rings (SSSR count). The van der Waals surface area contributed by atoms with Crippen molar-refractivity contribution in [3.8, 4) is 0 Å². The van der Waals surface area contributed by atoms with Gasteiger partial charge >= 0.3 is 5.97 Å². The van der Waals surface area contributed by atoms with Crippen molar-refractivity contribution in [2.45, 2.75) is 19.9 Å². The average molecular weight is 270 g/mol. The summed E-state index contributed by atoms with van der Waals surface area (Å²) < 4.78 is 7.05. The second kappa shape index (κ2) is 5.49. The number of ether oxygens (including phenoxy) is 1. The van der Waals surface area contributed by atoms with Gasteiger partial charge in [0.15, 0.2) is 0 Å². The highest BCUT2D eigenvalue weighted by molar-refractivity contribution is 5.88. The third-order valence-corrected chi connectivity index (χ3v) is 3.76. The largest absolute Gasteiger partial charge is 0.462 e. The van der Waals surface area contributed by atoms with Crippen LogP contribution in [0.4, 0.5) is 0 Å². The van der Waals surface area contributed by atoms with Crippen molar-refractivity contribution >= 4 is 5.97 Å². The maximum atomic E-state index is 11.9. The molecule has 0 amide bonds. The molecule has 4 heteroatoms. The van der Waals surface area contributed by atoms with Crippen LogP contribution >= 0.6 is 0 Å². The molecular weight excluding hydrogens is 252 g/mol. The zero-order chi connectivity index (χ0) is 13.9. The number of aromatic nitrogens is 2. The Morgan fingerprint density at radius 2 is 2.15 bits per heavy atom. The quantitative estimate of drug-likeness (QED) is 0.785. The summed E-state index contributed by atoms with van der Waals surface area (Å²) in [7, 11) is 0. The van der Waals surface area contributed by atoms with Crippen molar-refractivity contribution in [1.82, 2.24) is 9.78 Å². The molecular formula is C16H18N2O2. The molecule has 0 radical (unpaired) electrons. The van der Waals surface area contributed by atoms with Crippen molar-refractivity contribution < 1.29 is 9.53 Å². The van der Waals surface area contributed by atoms with Gasteiger partial charge in [0.25, 0.3) is 0 Å². The smallest absolute Gasteiger partial charge is 0.341 e. The van der Waals surface area contributed by atoms with E-state index in [1.807, 2.05) is 30.3 Å². The Kier molecular flexibility index (Phi) is 3.54. The van der Waals surface area contributed by atoms with Crippen LogP contribution in [0.15, 0.2) is 42.7 Å². The van der Waals surface area contributed by atoms with Crippen molar-refractivity contribution in [3.05, 3.63) is 53.9 Å². The molecule has 2 aromatic rings. The predicted octanol–water partition coefficient (Wildman–Crippen LogP) is 2.74. The summed E-state index contributed by atoms with van der Waals surface area (Å²) >= 11 is 0. The van der Waals surface area contributed by atoms with Crippen LogP contribution in [0.2, 0.25) is 0 Å². The van der Waals surface area contributed by atoms with Crippen LogP contribution in [0.1, 0.15) is 29.3 Å². The fraction of sp³-hybridized carbons (Fsp3) is 0.375. The molecule has 1 aromatic carbocycles. The summed E-state index contributed by atoms with van der Waals surface area (Å²) in [6, 6.07) is 10.0. The predicted molar refractivity (Wildman–Crippen MR) is 75.3 cm³/mol. The van der Waals surface area contributed by atoms with Gasteiger partial charge in [-0.1, -0.05) is 37.3 Å². The van der Waals surface area contributed by atoms with Crippen molar-refractivity contribution in [3.63, 3.8) is 0 Å². The number of esters is 1. The number of carbonyl (C=O) groups excluding carboxylic acids is 1. The average Bonchev–Trinajstić information content (AvgIpc) is 2.97. The minimum atomic E-state index is -0.275. The Labute approximate surface area is 118 Å². The fourth-order valence-electron chi connectivity index (χ4n) is 2.22. The first-order valence-corrected chi connectivity index (χ1v) is 6.96. The van der Waals surface area contributed by atoms with Crippen LogP contribution in [0, 0.1) is 11.8 Å². The monoisotopic (exact) mass is 270 g/mol. The summed E-state index contributed by atoms with van der Waals surface area (Å²) in [5, 5.41) is 4.21. The fourth-order valence-corrected chi connectivity index (χ4v) is 2.22. The molecule has 0 spiro atoms. The molecule has 1 fully saturated rings. The van der Waals surface area contributed by atoms with Gasteiger partial charge in [0.1, 0.15) is 0 Å². The Morgan fingerprint density at radius 1 is 1.40 bits per heavy atom. The van der Waals surface area contributed by atoms with E-state index >= 15 is 0 Å². The molecule has 0 N–H and O–H groups in total. The van der Waals surface area contributed by atoms with Gasteiger partial charge in [-0.2, -0.15) is 5.10 Å². The molecule has 0 saturated heterocycles. The molecule has 1 heterocycles. The van der Waals surface area contributed by atoms with Gasteiger partial charge in [-0.15, -0.1) is 0 Å². The summed E-state index contributed by atoms with van der Waals surface area (Å²) in [6.45, 7) is 3.37. The van der Waals surface area contributed by atoms with Gasteiger partial charge in [-0.25, -0.2) is 4.79 Å². The topological polar surface area (TPSA) is 44.1 Å². The zero-order valence-corrected chi connectivity index (χ0v) is 11.5. The Bertz CT molecular complexity index is 592. The first-order valence-electron chi connectivity index (χ1n) is 6.96. The summed E-state index contributed by atoms with van der Waals surface area (Å²) in [5.41, 5.74) is 1.68. The van der Waals surface area contributed by atoms with E-state index in [1.54, 1.807) is 17.1 Å².